The summed E-state index contributed by atoms with van der Waals surface area (Å²) in [5.74, 6) is -1.44. The zero-order valence-electron chi connectivity index (χ0n) is 16.6. The van der Waals surface area contributed by atoms with Gasteiger partial charge in [0.25, 0.3) is 5.91 Å². The Morgan fingerprint density at radius 1 is 1.03 bits per heavy atom. The molecule has 154 valence electrons. The number of rotatable bonds is 5. The van der Waals surface area contributed by atoms with Gasteiger partial charge in [-0.05, 0) is 36.2 Å². The maximum atomic E-state index is 13.9. The molecule has 1 atom stereocenters. The van der Waals surface area contributed by atoms with Crippen LogP contribution in [0.15, 0.2) is 48.5 Å². The van der Waals surface area contributed by atoms with Gasteiger partial charge in [0, 0.05) is 36.9 Å². The molecule has 1 heterocycles. The summed E-state index contributed by atoms with van der Waals surface area (Å²) in [5.41, 5.74) is 0.967. The Morgan fingerprint density at radius 3 is 2.34 bits per heavy atom. The van der Waals surface area contributed by atoms with Crippen molar-refractivity contribution in [2.75, 3.05) is 31.1 Å². The molecule has 1 aliphatic heterocycles. The number of carbonyl (C=O) groups excluding carboxylic acids is 2. The average molecular weight is 418 g/mol. The molecule has 1 saturated heterocycles. The normalized spacial score (nSPS) is 15.3. The third-order valence-corrected chi connectivity index (χ3v) is 5.34. The smallest absolute Gasteiger partial charge is 0.254 e. The highest BCUT2D eigenvalue weighted by molar-refractivity contribution is 6.30. The molecule has 1 fully saturated rings. The van der Waals surface area contributed by atoms with Gasteiger partial charge in [0.1, 0.15) is 11.9 Å². The minimum Gasteiger partial charge on any atom is -0.368 e. The van der Waals surface area contributed by atoms with Gasteiger partial charge < -0.3 is 15.1 Å². The summed E-state index contributed by atoms with van der Waals surface area (Å²) in [5, 5.41) is 3.40. The number of amides is 2. The topological polar surface area (TPSA) is 52.7 Å². The van der Waals surface area contributed by atoms with Crippen molar-refractivity contribution in [1.29, 1.82) is 0 Å². The third-order valence-electron chi connectivity index (χ3n) is 5.10. The lowest BCUT2D eigenvalue weighted by Crippen LogP contribution is -2.56. The van der Waals surface area contributed by atoms with E-state index in [-0.39, 0.29) is 17.4 Å². The quantitative estimate of drug-likeness (QED) is 0.809. The van der Waals surface area contributed by atoms with E-state index >= 15 is 0 Å². The molecule has 5 nitrogen and oxygen atoms in total. The van der Waals surface area contributed by atoms with Gasteiger partial charge in [0.15, 0.2) is 0 Å². The monoisotopic (exact) mass is 417 g/mol. The van der Waals surface area contributed by atoms with E-state index < -0.39 is 17.8 Å². The van der Waals surface area contributed by atoms with Gasteiger partial charge in [0.05, 0.1) is 5.56 Å². The second kappa shape index (κ2) is 9.27. The first-order chi connectivity index (χ1) is 13.9. The van der Waals surface area contributed by atoms with Crippen LogP contribution in [0.4, 0.5) is 10.1 Å². The lowest BCUT2D eigenvalue weighted by molar-refractivity contribution is -0.134. The van der Waals surface area contributed by atoms with Crippen LogP contribution in [-0.2, 0) is 4.79 Å². The fourth-order valence-corrected chi connectivity index (χ4v) is 3.62. The van der Waals surface area contributed by atoms with Crippen LogP contribution in [0.1, 0.15) is 24.2 Å². The van der Waals surface area contributed by atoms with Crippen molar-refractivity contribution in [3.63, 3.8) is 0 Å². The Hall–Kier alpha value is -2.60. The molecule has 0 aromatic heterocycles. The van der Waals surface area contributed by atoms with Gasteiger partial charge in [-0.2, -0.15) is 0 Å². The predicted molar refractivity (Wildman–Crippen MR) is 113 cm³/mol. The molecule has 1 N–H and O–H groups in total. The molecule has 0 spiro atoms. The van der Waals surface area contributed by atoms with E-state index in [4.69, 9.17) is 11.6 Å². The zero-order chi connectivity index (χ0) is 21.0. The largest absolute Gasteiger partial charge is 0.368 e. The molecule has 3 rings (SSSR count). The highest BCUT2D eigenvalue weighted by Crippen LogP contribution is 2.21. The van der Waals surface area contributed by atoms with Crippen LogP contribution in [-0.4, -0.2) is 48.9 Å². The number of nitrogens with one attached hydrogen (secondary N) is 1. The number of halogens is 2. The highest BCUT2D eigenvalue weighted by Gasteiger charge is 2.31. The second-order valence-corrected chi connectivity index (χ2v) is 7.90. The van der Waals surface area contributed by atoms with Crippen molar-refractivity contribution in [2.24, 2.45) is 5.92 Å². The van der Waals surface area contributed by atoms with E-state index in [1.165, 1.54) is 18.2 Å². The molecule has 0 radical (unpaired) electrons. The van der Waals surface area contributed by atoms with Crippen LogP contribution in [0.3, 0.4) is 0 Å². The first-order valence-corrected chi connectivity index (χ1v) is 10.1. The van der Waals surface area contributed by atoms with Crippen molar-refractivity contribution in [3.05, 3.63) is 64.9 Å². The summed E-state index contributed by atoms with van der Waals surface area (Å²) >= 11 is 6.07. The number of anilines is 1. The molecule has 0 saturated carbocycles. The number of benzene rings is 2. The highest BCUT2D eigenvalue weighted by atomic mass is 35.5. The standard InChI is InChI=1S/C22H25ClFN3O2/c1-15(2)20(25-21(28)18-8-3-4-9-19(18)24)22(29)27-12-10-26(11-13-27)17-7-5-6-16(23)14-17/h3-9,14-15,20H,10-13H2,1-2H3,(H,25,28). The number of carbonyl (C=O) groups is 2. The fraction of sp³-hybridized carbons (Fsp3) is 0.364. The van der Waals surface area contributed by atoms with Crippen LogP contribution in [0, 0.1) is 11.7 Å². The lowest BCUT2D eigenvalue weighted by Gasteiger charge is -2.38. The molecule has 0 aliphatic carbocycles. The number of hydrogen-bond acceptors (Lipinski definition) is 3. The van der Waals surface area contributed by atoms with Crippen molar-refractivity contribution >= 4 is 29.1 Å². The lowest BCUT2D eigenvalue weighted by atomic mass is 10.0. The van der Waals surface area contributed by atoms with Crippen molar-refractivity contribution in [2.45, 2.75) is 19.9 Å². The molecule has 7 heteroatoms. The SMILES string of the molecule is CC(C)C(NC(=O)c1ccccc1F)C(=O)N1CCN(c2cccc(Cl)c2)CC1. The average Bonchev–Trinajstić information content (AvgIpc) is 2.71. The van der Waals surface area contributed by atoms with E-state index in [1.54, 1.807) is 11.0 Å². The van der Waals surface area contributed by atoms with Gasteiger partial charge in [0.2, 0.25) is 5.91 Å². The molecule has 29 heavy (non-hydrogen) atoms. The minimum atomic E-state index is -0.708. The van der Waals surface area contributed by atoms with E-state index in [2.05, 4.69) is 10.2 Å². The minimum absolute atomic E-state index is 0.0586. The van der Waals surface area contributed by atoms with E-state index in [1.807, 2.05) is 38.1 Å². The molecule has 1 unspecified atom stereocenters. The second-order valence-electron chi connectivity index (χ2n) is 7.47. The maximum absolute atomic E-state index is 13.9. The summed E-state index contributed by atoms with van der Waals surface area (Å²) in [6.07, 6.45) is 0. The van der Waals surface area contributed by atoms with Crippen LogP contribution in [0.2, 0.25) is 5.02 Å². The summed E-state index contributed by atoms with van der Waals surface area (Å²) in [7, 11) is 0. The third kappa shape index (κ3) is 5.07. The maximum Gasteiger partial charge on any atom is 0.254 e. The van der Waals surface area contributed by atoms with E-state index in [0.29, 0.717) is 31.2 Å². The summed E-state index contributed by atoms with van der Waals surface area (Å²) in [4.78, 5) is 29.5. The van der Waals surface area contributed by atoms with E-state index in [0.717, 1.165) is 5.69 Å². The summed E-state index contributed by atoms with van der Waals surface area (Å²) in [6.45, 7) is 6.18. The molecule has 0 bridgehead atoms. The number of hydrogen-bond donors (Lipinski definition) is 1. The van der Waals surface area contributed by atoms with Crippen LogP contribution in [0.5, 0.6) is 0 Å². The Morgan fingerprint density at radius 2 is 1.72 bits per heavy atom. The summed E-state index contributed by atoms with van der Waals surface area (Å²) in [6, 6.07) is 12.7. The van der Waals surface area contributed by atoms with Crippen LogP contribution >= 0.6 is 11.6 Å². The Kier molecular flexibility index (Phi) is 6.75. The Labute approximate surface area is 175 Å². The van der Waals surface area contributed by atoms with E-state index in [9.17, 15) is 14.0 Å². The van der Waals surface area contributed by atoms with Gasteiger partial charge in [-0.15, -0.1) is 0 Å². The molecular formula is C22H25ClFN3O2. The van der Waals surface area contributed by atoms with Gasteiger partial charge in [-0.1, -0.05) is 43.6 Å². The van der Waals surface area contributed by atoms with Crippen molar-refractivity contribution in [3.8, 4) is 0 Å². The molecule has 2 aromatic rings. The Bertz CT molecular complexity index is 882. The van der Waals surface area contributed by atoms with Crippen LogP contribution in [0.25, 0.3) is 0 Å². The van der Waals surface area contributed by atoms with Crippen molar-refractivity contribution in [1.82, 2.24) is 10.2 Å². The van der Waals surface area contributed by atoms with Gasteiger partial charge >= 0.3 is 0 Å². The van der Waals surface area contributed by atoms with Crippen molar-refractivity contribution < 1.29 is 14.0 Å². The molecular weight excluding hydrogens is 393 g/mol. The zero-order valence-corrected chi connectivity index (χ0v) is 17.3. The first kappa shape index (κ1) is 21.1. The first-order valence-electron chi connectivity index (χ1n) is 9.71. The number of piperazine rings is 1. The van der Waals surface area contributed by atoms with Gasteiger partial charge in [-0.25, -0.2) is 4.39 Å². The molecule has 1 aliphatic rings. The predicted octanol–water partition coefficient (Wildman–Crippen LogP) is 3.58. The molecule has 2 aromatic carbocycles. The summed E-state index contributed by atoms with van der Waals surface area (Å²) < 4.78 is 13.9. The van der Waals surface area contributed by atoms with Crippen LogP contribution < -0.4 is 10.2 Å². The fourth-order valence-electron chi connectivity index (χ4n) is 3.43. The van der Waals surface area contributed by atoms with Gasteiger partial charge in [-0.3, -0.25) is 9.59 Å². The molecule has 2 amide bonds. The Balaban J connectivity index is 1.64. The number of nitrogens with zero attached hydrogens (tertiary/aromatic N) is 2.